The van der Waals surface area contributed by atoms with E-state index in [0.717, 1.165) is 9.99 Å². The lowest BCUT2D eigenvalue weighted by Gasteiger charge is -2.33. The Hall–Kier alpha value is -0.650. The first-order valence-electron chi connectivity index (χ1n) is 5.32. The average molecular weight is 333 g/mol. The topological polar surface area (TPSA) is 29.1 Å². The highest BCUT2D eigenvalue weighted by Crippen LogP contribution is 2.34. The molecule has 1 saturated carbocycles. The molecule has 0 saturated heterocycles. The summed E-state index contributed by atoms with van der Waals surface area (Å²) in [4.78, 5) is 11.7. The van der Waals surface area contributed by atoms with Crippen molar-refractivity contribution in [2.45, 2.75) is 24.9 Å². The summed E-state index contributed by atoms with van der Waals surface area (Å²) in [7, 11) is 0. The van der Waals surface area contributed by atoms with Crippen molar-refractivity contribution in [1.29, 1.82) is 0 Å². The Balaban J connectivity index is 1.90. The molecule has 1 aromatic carbocycles. The molecule has 0 aliphatic heterocycles. The van der Waals surface area contributed by atoms with Crippen molar-refractivity contribution in [3.05, 3.63) is 33.4 Å². The number of hydrogen-bond donors (Lipinski definition) is 1. The predicted molar refractivity (Wildman–Crippen MR) is 69.2 cm³/mol. The zero-order valence-electron chi connectivity index (χ0n) is 8.80. The van der Waals surface area contributed by atoms with Crippen LogP contribution in [0.1, 0.15) is 29.6 Å². The molecule has 0 spiro atoms. The summed E-state index contributed by atoms with van der Waals surface area (Å²) in [6.45, 7) is 0.137. The van der Waals surface area contributed by atoms with Crippen LogP contribution in [0.3, 0.4) is 0 Å². The monoisotopic (exact) mass is 333 g/mol. The quantitative estimate of drug-likeness (QED) is 0.847. The van der Waals surface area contributed by atoms with Gasteiger partial charge in [-0.1, -0.05) is 0 Å². The van der Waals surface area contributed by atoms with Gasteiger partial charge in [-0.05, 0) is 66.1 Å². The van der Waals surface area contributed by atoms with E-state index in [1.165, 1.54) is 0 Å². The maximum atomic E-state index is 13.6. The lowest BCUT2D eigenvalue weighted by Crippen LogP contribution is -2.44. The molecule has 1 aliphatic rings. The van der Waals surface area contributed by atoms with E-state index in [1.807, 2.05) is 12.1 Å². The molecule has 1 aliphatic carbocycles. The number of amides is 1. The summed E-state index contributed by atoms with van der Waals surface area (Å²) in [5.41, 5.74) is -0.567. The molecule has 0 radical (unpaired) electrons. The number of carbonyl (C=O) groups excluding carboxylic acids is 1. The molecule has 4 heteroatoms. The molecule has 0 heterocycles. The van der Waals surface area contributed by atoms with Crippen molar-refractivity contribution in [1.82, 2.24) is 5.32 Å². The molecule has 2 nitrogen and oxygen atoms in total. The van der Waals surface area contributed by atoms with E-state index in [1.54, 1.807) is 12.1 Å². The minimum atomic E-state index is -1.15. The van der Waals surface area contributed by atoms with Crippen LogP contribution < -0.4 is 5.32 Å². The maximum Gasteiger partial charge on any atom is 0.251 e. The van der Waals surface area contributed by atoms with Crippen LogP contribution >= 0.6 is 22.6 Å². The first-order chi connectivity index (χ1) is 7.59. The fourth-order valence-electron chi connectivity index (χ4n) is 1.68. The van der Waals surface area contributed by atoms with Gasteiger partial charge in [0.2, 0.25) is 0 Å². The fourth-order valence-corrected chi connectivity index (χ4v) is 2.04. The third kappa shape index (κ3) is 2.72. The zero-order chi connectivity index (χ0) is 11.6. The standard InChI is InChI=1S/C12H13FINO/c13-12(6-1-7-12)8-15-11(16)9-2-4-10(14)5-3-9/h2-5H,1,6-8H2,(H,15,16). The van der Waals surface area contributed by atoms with Gasteiger partial charge in [-0.2, -0.15) is 0 Å². The van der Waals surface area contributed by atoms with E-state index < -0.39 is 5.67 Å². The Labute approximate surface area is 108 Å². The molecule has 0 unspecified atom stereocenters. The Kier molecular flexibility index (Phi) is 3.47. The van der Waals surface area contributed by atoms with Crippen LogP contribution in [0, 0.1) is 3.57 Å². The molecule has 0 atom stereocenters. The summed E-state index contributed by atoms with van der Waals surface area (Å²) in [5.74, 6) is -0.194. The van der Waals surface area contributed by atoms with Crippen LogP contribution in [0.25, 0.3) is 0 Å². The summed E-state index contributed by atoms with van der Waals surface area (Å²) in [6.07, 6.45) is 2.07. The molecule has 1 fully saturated rings. The van der Waals surface area contributed by atoms with Gasteiger partial charge in [-0.15, -0.1) is 0 Å². The van der Waals surface area contributed by atoms with E-state index in [2.05, 4.69) is 27.9 Å². The minimum Gasteiger partial charge on any atom is -0.349 e. The molecule has 1 aromatic rings. The minimum absolute atomic E-state index is 0.137. The van der Waals surface area contributed by atoms with Gasteiger partial charge in [0, 0.05) is 9.13 Å². The van der Waals surface area contributed by atoms with Gasteiger partial charge in [0.15, 0.2) is 0 Å². The number of carbonyl (C=O) groups is 1. The van der Waals surface area contributed by atoms with E-state index in [9.17, 15) is 9.18 Å². The molecule has 1 N–H and O–H groups in total. The molecule has 0 bridgehead atoms. The number of hydrogen-bond acceptors (Lipinski definition) is 1. The van der Waals surface area contributed by atoms with E-state index in [0.29, 0.717) is 18.4 Å². The second kappa shape index (κ2) is 4.69. The highest BCUT2D eigenvalue weighted by Gasteiger charge is 2.37. The lowest BCUT2D eigenvalue weighted by molar-refractivity contribution is 0.0577. The smallest absolute Gasteiger partial charge is 0.251 e. The summed E-state index contributed by atoms with van der Waals surface area (Å²) in [5, 5.41) is 2.64. The van der Waals surface area contributed by atoms with Crippen LogP contribution in [0.15, 0.2) is 24.3 Å². The Bertz CT molecular complexity index is 387. The SMILES string of the molecule is O=C(NCC1(F)CCC1)c1ccc(I)cc1. The van der Waals surface area contributed by atoms with Crippen molar-refractivity contribution < 1.29 is 9.18 Å². The van der Waals surface area contributed by atoms with Crippen molar-refractivity contribution >= 4 is 28.5 Å². The van der Waals surface area contributed by atoms with Gasteiger partial charge in [0.1, 0.15) is 5.67 Å². The Morgan fingerprint density at radius 1 is 1.38 bits per heavy atom. The second-order valence-corrected chi connectivity index (χ2v) is 5.44. The van der Waals surface area contributed by atoms with Crippen LogP contribution in [-0.4, -0.2) is 18.1 Å². The molecule has 0 aromatic heterocycles. The van der Waals surface area contributed by atoms with E-state index >= 15 is 0 Å². The van der Waals surface area contributed by atoms with Crippen molar-refractivity contribution in [3.8, 4) is 0 Å². The van der Waals surface area contributed by atoms with Gasteiger partial charge >= 0.3 is 0 Å². The van der Waals surface area contributed by atoms with Gasteiger partial charge in [0.05, 0.1) is 6.54 Å². The lowest BCUT2D eigenvalue weighted by atomic mass is 9.82. The van der Waals surface area contributed by atoms with Crippen molar-refractivity contribution in [2.24, 2.45) is 0 Å². The molecular weight excluding hydrogens is 320 g/mol. The summed E-state index contributed by atoms with van der Waals surface area (Å²) < 4.78 is 14.7. The number of benzene rings is 1. The van der Waals surface area contributed by atoms with E-state index in [-0.39, 0.29) is 12.5 Å². The van der Waals surface area contributed by atoms with E-state index in [4.69, 9.17) is 0 Å². The summed E-state index contributed by atoms with van der Waals surface area (Å²) >= 11 is 2.18. The Morgan fingerprint density at radius 3 is 2.50 bits per heavy atom. The van der Waals surface area contributed by atoms with Crippen molar-refractivity contribution in [2.75, 3.05) is 6.54 Å². The largest absolute Gasteiger partial charge is 0.349 e. The number of nitrogens with one attached hydrogen (secondary N) is 1. The Morgan fingerprint density at radius 2 is 2.00 bits per heavy atom. The number of alkyl halides is 1. The van der Waals surface area contributed by atoms with Crippen LogP contribution in [0.4, 0.5) is 4.39 Å². The molecule has 86 valence electrons. The average Bonchev–Trinajstić information content (AvgIpc) is 2.24. The van der Waals surface area contributed by atoms with Crippen LogP contribution in [-0.2, 0) is 0 Å². The highest BCUT2D eigenvalue weighted by atomic mass is 127. The van der Waals surface area contributed by atoms with Gasteiger partial charge in [-0.3, -0.25) is 4.79 Å². The molecule has 2 rings (SSSR count). The fraction of sp³-hybridized carbons (Fsp3) is 0.417. The van der Waals surface area contributed by atoms with Crippen LogP contribution in [0.2, 0.25) is 0 Å². The normalized spacial score (nSPS) is 17.6. The highest BCUT2D eigenvalue weighted by molar-refractivity contribution is 14.1. The zero-order valence-corrected chi connectivity index (χ0v) is 11.0. The predicted octanol–water partition coefficient (Wildman–Crippen LogP) is 2.91. The summed E-state index contributed by atoms with van der Waals surface area (Å²) in [6, 6.07) is 7.24. The third-order valence-corrected chi connectivity index (χ3v) is 3.64. The molecule has 1 amide bonds. The van der Waals surface area contributed by atoms with Gasteiger partial charge in [-0.25, -0.2) is 4.39 Å². The maximum absolute atomic E-state index is 13.6. The van der Waals surface area contributed by atoms with Crippen molar-refractivity contribution in [3.63, 3.8) is 0 Å². The number of halogens is 2. The number of rotatable bonds is 3. The first-order valence-corrected chi connectivity index (χ1v) is 6.40. The third-order valence-electron chi connectivity index (χ3n) is 2.92. The van der Waals surface area contributed by atoms with Gasteiger partial charge < -0.3 is 5.32 Å². The van der Waals surface area contributed by atoms with Crippen LogP contribution in [0.5, 0.6) is 0 Å². The first kappa shape index (κ1) is 11.8. The van der Waals surface area contributed by atoms with Gasteiger partial charge in [0.25, 0.3) is 5.91 Å². The molecule has 16 heavy (non-hydrogen) atoms. The second-order valence-electron chi connectivity index (χ2n) is 4.19. The molecular formula is C12H13FINO.